The lowest BCUT2D eigenvalue weighted by Crippen LogP contribution is -2.30. The largest absolute Gasteiger partial charge is 0.442 e. The van der Waals surface area contributed by atoms with Crippen molar-refractivity contribution in [2.45, 2.75) is 31.6 Å². The van der Waals surface area contributed by atoms with Crippen LogP contribution in [0.1, 0.15) is 57.3 Å². The fraction of sp³-hybridized carbons (Fsp3) is 0.240. The summed E-state index contributed by atoms with van der Waals surface area (Å²) in [7, 11) is 0. The first kappa shape index (κ1) is 23.5. The van der Waals surface area contributed by atoms with E-state index in [9.17, 15) is 22.8 Å². The van der Waals surface area contributed by atoms with Crippen LogP contribution in [0.25, 0.3) is 5.57 Å². The van der Waals surface area contributed by atoms with Gasteiger partial charge in [-0.15, -0.1) is 10.2 Å². The van der Waals surface area contributed by atoms with Crippen LogP contribution in [-0.4, -0.2) is 32.8 Å². The number of allylic oxidation sites excluding steroid dienone is 2. The number of rotatable bonds is 6. The molecule has 0 fully saturated rings. The number of alkyl halides is 3. The van der Waals surface area contributed by atoms with Crippen molar-refractivity contribution in [2.24, 2.45) is 16.1 Å². The molecule has 1 aromatic carbocycles. The summed E-state index contributed by atoms with van der Waals surface area (Å²) in [6, 6.07) is 6.48. The van der Waals surface area contributed by atoms with Gasteiger partial charge in [0, 0.05) is 46.1 Å². The summed E-state index contributed by atoms with van der Waals surface area (Å²) >= 11 is 0. The smallest absolute Gasteiger partial charge is 0.321 e. The number of hydrogen-bond acceptors (Lipinski definition) is 7. The first-order valence-electron chi connectivity index (χ1n) is 11.1. The standard InChI is InChI=1S/C25H19F3N6O2/c1-13(2)18-8-19(20-11-30-12-31-21(18)20)22(35)15-7-17(10-29-9-15)32-23(36)14-4-3-5-16(6-14)24(33-34-24)25(26,27)28/h3-13,18H,1-2H3,(H,32,36). The number of pyridine rings is 1. The van der Waals surface area contributed by atoms with Crippen LogP contribution >= 0.6 is 0 Å². The highest BCUT2D eigenvalue weighted by Crippen LogP contribution is 2.52. The van der Waals surface area contributed by atoms with Crippen LogP contribution in [0, 0.1) is 5.92 Å². The van der Waals surface area contributed by atoms with Gasteiger partial charge in [-0.05, 0) is 24.1 Å². The Morgan fingerprint density at radius 3 is 2.50 bits per heavy atom. The Hall–Kier alpha value is -4.28. The number of hydrogen-bond donors (Lipinski definition) is 1. The van der Waals surface area contributed by atoms with Crippen LogP contribution in [0.4, 0.5) is 18.9 Å². The second-order valence-electron chi connectivity index (χ2n) is 8.87. The van der Waals surface area contributed by atoms with E-state index < -0.39 is 17.7 Å². The number of halogens is 3. The molecular formula is C25H19F3N6O2. The highest BCUT2D eigenvalue weighted by molar-refractivity contribution is 6.30. The Morgan fingerprint density at radius 2 is 1.81 bits per heavy atom. The SMILES string of the molecule is CC(C)C1C=C(C(=O)c2cncc(NC(=O)c3cccc(C4(C(F)(F)F)N=N4)c3)c2)c2cncnc21. The molecule has 36 heavy (non-hydrogen) atoms. The van der Waals surface area contributed by atoms with Crippen LogP contribution in [0.5, 0.6) is 0 Å². The van der Waals surface area contributed by atoms with Gasteiger partial charge in [-0.2, -0.15) is 13.2 Å². The van der Waals surface area contributed by atoms with Crippen LogP contribution in [-0.2, 0) is 5.66 Å². The predicted molar refractivity (Wildman–Crippen MR) is 123 cm³/mol. The maximum absolute atomic E-state index is 13.3. The highest BCUT2D eigenvalue weighted by Gasteiger charge is 2.65. The van der Waals surface area contributed by atoms with E-state index in [-0.39, 0.29) is 40.0 Å². The normalized spacial score (nSPS) is 17.5. The number of ketones is 1. The zero-order chi connectivity index (χ0) is 25.7. The van der Waals surface area contributed by atoms with Crippen LogP contribution < -0.4 is 5.32 Å². The van der Waals surface area contributed by atoms with Gasteiger partial charge >= 0.3 is 11.8 Å². The number of amides is 1. The van der Waals surface area contributed by atoms with E-state index in [0.717, 1.165) is 11.8 Å². The third-order valence-corrected chi connectivity index (χ3v) is 6.14. The molecule has 1 aliphatic heterocycles. The average molecular weight is 492 g/mol. The third-order valence-electron chi connectivity index (χ3n) is 6.14. The lowest BCUT2D eigenvalue weighted by molar-refractivity contribution is -0.166. The fourth-order valence-corrected chi connectivity index (χ4v) is 4.18. The van der Waals surface area contributed by atoms with Crippen LogP contribution in [0.15, 0.2) is 71.6 Å². The Kier molecular flexibility index (Phi) is 5.50. The number of fused-ring (bicyclic) bond motifs is 1. The molecule has 3 aromatic rings. The molecule has 5 rings (SSSR count). The molecule has 182 valence electrons. The molecule has 0 bridgehead atoms. The molecule has 11 heteroatoms. The molecule has 0 spiro atoms. The predicted octanol–water partition coefficient (Wildman–Crippen LogP) is 5.32. The Balaban J connectivity index is 1.38. The van der Waals surface area contributed by atoms with Gasteiger partial charge in [-0.3, -0.25) is 14.6 Å². The first-order valence-corrected chi connectivity index (χ1v) is 11.1. The molecule has 1 unspecified atom stereocenters. The van der Waals surface area contributed by atoms with E-state index in [1.165, 1.54) is 43.0 Å². The minimum Gasteiger partial charge on any atom is -0.321 e. The molecule has 3 heterocycles. The second-order valence-corrected chi connectivity index (χ2v) is 8.87. The van der Waals surface area contributed by atoms with Crippen molar-refractivity contribution in [3.05, 3.63) is 89.3 Å². The monoisotopic (exact) mass is 492 g/mol. The minimum atomic E-state index is -4.70. The molecule has 2 aliphatic rings. The Bertz CT molecular complexity index is 1440. The fourth-order valence-electron chi connectivity index (χ4n) is 4.18. The van der Waals surface area contributed by atoms with Crippen molar-refractivity contribution in [1.82, 2.24) is 15.0 Å². The van der Waals surface area contributed by atoms with E-state index in [1.807, 2.05) is 19.9 Å². The van der Waals surface area contributed by atoms with Crippen LogP contribution in [0.2, 0.25) is 0 Å². The summed E-state index contributed by atoms with van der Waals surface area (Å²) in [5.74, 6) is -0.782. The molecule has 1 atom stereocenters. The first-order chi connectivity index (χ1) is 17.1. The van der Waals surface area contributed by atoms with Crippen molar-refractivity contribution >= 4 is 23.0 Å². The minimum absolute atomic E-state index is 0.0190. The number of benzene rings is 1. The topological polar surface area (TPSA) is 110 Å². The molecule has 0 saturated carbocycles. The summed E-state index contributed by atoms with van der Waals surface area (Å²) in [4.78, 5) is 38.6. The van der Waals surface area contributed by atoms with E-state index in [1.54, 1.807) is 6.20 Å². The quantitative estimate of drug-likeness (QED) is 0.468. The maximum Gasteiger partial charge on any atom is 0.442 e. The lowest BCUT2D eigenvalue weighted by atomic mass is 9.95. The van der Waals surface area contributed by atoms with Crippen molar-refractivity contribution in [2.75, 3.05) is 5.32 Å². The van der Waals surface area contributed by atoms with E-state index >= 15 is 0 Å². The summed E-state index contributed by atoms with van der Waals surface area (Å²) in [6.45, 7) is 4.07. The molecule has 1 amide bonds. The molecule has 1 aliphatic carbocycles. The number of anilines is 1. The zero-order valence-electron chi connectivity index (χ0n) is 19.1. The van der Waals surface area contributed by atoms with Gasteiger partial charge in [0.15, 0.2) is 5.78 Å². The summed E-state index contributed by atoms with van der Waals surface area (Å²) in [5.41, 5.74) is -0.553. The van der Waals surface area contributed by atoms with Crippen molar-refractivity contribution in [3.63, 3.8) is 0 Å². The Labute approximate surface area is 203 Å². The molecule has 0 radical (unpaired) electrons. The number of Topliss-reactive ketones (excluding diaryl/α,β-unsaturated/α-hetero) is 1. The summed E-state index contributed by atoms with van der Waals surface area (Å²) in [5, 5.41) is 8.92. The number of nitrogens with one attached hydrogen (secondary N) is 1. The van der Waals surface area contributed by atoms with Gasteiger partial charge < -0.3 is 5.32 Å². The molecule has 0 saturated heterocycles. The van der Waals surface area contributed by atoms with Gasteiger partial charge in [0.25, 0.3) is 5.91 Å². The van der Waals surface area contributed by atoms with Gasteiger partial charge in [0.1, 0.15) is 6.33 Å². The van der Waals surface area contributed by atoms with Crippen LogP contribution in [0.3, 0.4) is 0 Å². The van der Waals surface area contributed by atoms with E-state index in [4.69, 9.17) is 0 Å². The van der Waals surface area contributed by atoms with Gasteiger partial charge in [0.2, 0.25) is 0 Å². The number of carbonyl (C=O) groups is 2. The Morgan fingerprint density at radius 1 is 1.03 bits per heavy atom. The number of carbonyl (C=O) groups excluding carboxylic acids is 2. The van der Waals surface area contributed by atoms with E-state index in [2.05, 4.69) is 30.5 Å². The molecule has 1 N–H and O–H groups in total. The van der Waals surface area contributed by atoms with Crippen molar-refractivity contribution < 1.29 is 22.8 Å². The molecule has 2 aromatic heterocycles. The van der Waals surface area contributed by atoms with E-state index in [0.29, 0.717) is 11.1 Å². The van der Waals surface area contributed by atoms with Crippen molar-refractivity contribution in [3.8, 4) is 0 Å². The lowest BCUT2D eigenvalue weighted by Gasteiger charge is -2.15. The number of nitrogens with zero attached hydrogens (tertiary/aromatic N) is 5. The zero-order valence-corrected chi connectivity index (χ0v) is 19.1. The highest BCUT2D eigenvalue weighted by atomic mass is 19.4. The number of aromatic nitrogens is 3. The van der Waals surface area contributed by atoms with Gasteiger partial charge in [-0.1, -0.05) is 32.1 Å². The average Bonchev–Trinajstić information content (AvgIpc) is 3.59. The molecular weight excluding hydrogens is 473 g/mol. The van der Waals surface area contributed by atoms with Crippen molar-refractivity contribution in [1.29, 1.82) is 0 Å². The van der Waals surface area contributed by atoms with Gasteiger partial charge in [-0.25, -0.2) is 9.97 Å². The summed E-state index contributed by atoms with van der Waals surface area (Å²) in [6.07, 6.45) is 2.95. The third kappa shape index (κ3) is 3.96. The molecule has 8 nitrogen and oxygen atoms in total. The van der Waals surface area contributed by atoms with Gasteiger partial charge in [0.05, 0.1) is 17.6 Å². The second kappa shape index (κ2) is 8.43. The summed E-state index contributed by atoms with van der Waals surface area (Å²) < 4.78 is 40.0. The maximum atomic E-state index is 13.3.